The maximum Gasteiger partial charge on any atom is 0.267 e. The van der Waals surface area contributed by atoms with E-state index < -0.39 is 0 Å². The molecule has 0 saturated carbocycles. The molecule has 0 amide bonds. The first-order valence-electron chi connectivity index (χ1n) is 10.8. The second-order valence-corrected chi connectivity index (χ2v) is 9.07. The number of aromatic nitrogens is 4. The molecular weight excluding hydrogens is 432 g/mol. The second kappa shape index (κ2) is 8.75. The molecule has 0 atom stereocenters. The number of fused-ring (bicyclic) bond motifs is 3. The molecule has 0 aliphatic rings. The van der Waals surface area contributed by atoms with Crippen molar-refractivity contribution in [3.05, 3.63) is 94.3 Å². The first-order valence-corrected chi connectivity index (χ1v) is 11.8. The molecule has 0 spiro atoms. The summed E-state index contributed by atoms with van der Waals surface area (Å²) < 4.78 is 9.03. The quantitative estimate of drug-likeness (QED) is 0.318. The van der Waals surface area contributed by atoms with E-state index in [1.165, 1.54) is 0 Å². The monoisotopic (exact) mass is 456 g/mol. The van der Waals surface area contributed by atoms with Gasteiger partial charge in [-0.3, -0.25) is 9.20 Å². The van der Waals surface area contributed by atoms with Crippen LogP contribution in [0.2, 0.25) is 0 Å². The molecule has 5 aromatic rings. The van der Waals surface area contributed by atoms with Crippen molar-refractivity contribution < 1.29 is 4.74 Å². The van der Waals surface area contributed by atoms with Crippen LogP contribution in [0.4, 0.5) is 0 Å². The predicted octanol–water partition coefficient (Wildman–Crippen LogP) is 5.46. The minimum absolute atomic E-state index is 0.0945. The van der Waals surface area contributed by atoms with Gasteiger partial charge in [-0.2, -0.15) is 0 Å². The van der Waals surface area contributed by atoms with Gasteiger partial charge in [-0.25, -0.2) is 4.57 Å². The molecule has 0 aliphatic heterocycles. The number of rotatable bonds is 6. The molecule has 2 aromatic heterocycles. The highest BCUT2D eigenvalue weighted by molar-refractivity contribution is 7.98. The molecule has 2 heterocycles. The van der Waals surface area contributed by atoms with Gasteiger partial charge < -0.3 is 4.74 Å². The first kappa shape index (κ1) is 21.3. The molecular formula is C26H24N4O2S. The molecule has 0 bridgehead atoms. The van der Waals surface area contributed by atoms with E-state index in [9.17, 15) is 4.79 Å². The van der Waals surface area contributed by atoms with Gasteiger partial charge in [-0.05, 0) is 47.4 Å². The van der Waals surface area contributed by atoms with Crippen molar-refractivity contribution in [2.45, 2.75) is 30.7 Å². The van der Waals surface area contributed by atoms with Gasteiger partial charge in [0.2, 0.25) is 5.78 Å². The van der Waals surface area contributed by atoms with Crippen LogP contribution >= 0.6 is 11.8 Å². The summed E-state index contributed by atoms with van der Waals surface area (Å²) in [6.45, 7) is 4.25. The van der Waals surface area contributed by atoms with Crippen LogP contribution in [0.25, 0.3) is 22.4 Å². The van der Waals surface area contributed by atoms with Gasteiger partial charge in [0.15, 0.2) is 5.16 Å². The Morgan fingerprint density at radius 3 is 2.58 bits per heavy atom. The van der Waals surface area contributed by atoms with E-state index in [-0.39, 0.29) is 11.5 Å². The van der Waals surface area contributed by atoms with Gasteiger partial charge in [0.05, 0.1) is 23.7 Å². The van der Waals surface area contributed by atoms with Crippen LogP contribution in [0.15, 0.2) is 82.7 Å². The standard InChI is InChI=1S/C26H24N4O2S/c1-17(2)20-11-4-6-13-22(20)29-24(31)21-12-5-7-14-23(21)30-25(29)27-28-26(30)33-16-18-9-8-10-19(15-18)32-3/h4-15,17H,16H2,1-3H3. The second-order valence-electron chi connectivity index (χ2n) is 8.13. The molecule has 5 rings (SSSR count). The van der Waals surface area contributed by atoms with E-state index in [1.54, 1.807) is 23.4 Å². The topological polar surface area (TPSA) is 61.4 Å². The lowest BCUT2D eigenvalue weighted by molar-refractivity contribution is 0.414. The number of ether oxygens (including phenoxy) is 1. The van der Waals surface area contributed by atoms with Crippen molar-refractivity contribution in [2.75, 3.05) is 7.11 Å². The third kappa shape index (κ3) is 3.78. The van der Waals surface area contributed by atoms with E-state index in [1.807, 2.05) is 65.1 Å². The van der Waals surface area contributed by atoms with Gasteiger partial charge in [-0.15, -0.1) is 10.2 Å². The SMILES string of the molecule is COc1cccc(CSc2nnc3n(-c4ccccc4C(C)C)c(=O)c4ccccc4n23)c1. The molecule has 0 fully saturated rings. The third-order valence-electron chi connectivity index (χ3n) is 5.70. The number of hydrogen-bond acceptors (Lipinski definition) is 5. The number of nitrogens with zero attached hydrogens (tertiary/aromatic N) is 4. The number of para-hydroxylation sites is 2. The Balaban J connectivity index is 1.71. The number of thioether (sulfide) groups is 1. The summed E-state index contributed by atoms with van der Waals surface area (Å²) in [4.78, 5) is 13.6. The lowest BCUT2D eigenvalue weighted by atomic mass is 10.0. The lowest BCUT2D eigenvalue weighted by Gasteiger charge is -2.16. The Kier molecular flexibility index (Phi) is 5.64. The van der Waals surface area contributed by atoms with E-state index in [0.29, 0.717) is 16.9 Å². The minimum Gasteiger partial charge on any atom is -0.497 e. The fraction of sp³-hybridized carbons (Fsp3) is 0.192. The van der Waals surface area contributed by atoms with Gasteiger partial charge in [0.1, 0.15) is 5.75 Å². The number of hydrogen-bond donors (Lipinski definition) is 0. The summed E-state index contributed by atoms with van der Waals surface area (Å²) >= 11 is 1.58. The van der Waals surface area contributed by atoms with Crippen LogP contribution in [0.3, 0.4) is 0 Å². The smallest absolute Gasteiger partial charge is 0.267 e. The van der Waals surface area contributed by atoms with Crippen molar-refractivity contribution in [3.8, 4) is 11.4 Å². The minimum atomic E-state index is -0.0945. The Labute approximate surface area is 195 Å². The molecule has 0 aliphatic carbocycles. The highest BCUT2D eigenvalue weighted by Crippen LogP contribution is 2.28. The van der Waals surface area contributed by atoms with Crippen LogP contribution in [0, 0.1) is 0 Å². The predicted molar refractivity (Wildman–Crippen MR) is 133 cm³/mol. The van der Waals surface area contributed by atoms with Crippen molar-refractivity contribution in [1.29, 1.82) is 0 Å². The fourth-order valence-corrected chi connectivity index (χ4v) is 4.96. The molecule has 0 unspecified atom stereocenters. The molecule has 6 nitrogen and oxygen atoms in total. The Morgan fingerprint density at radius 1 is 0.970 bits per heavy atom. The average molecular weight is 457 g/mol. The van der Waals surface area contributed by atoms with Crippen LogP contribution in [-0.4, -0.2) is 26.3 Å². The van der Waals surface area contributed by atoms with E-state index in [4.69, 9.17) is 4.74 Å². The molecule has 0 N–H and O–H groups in total. The maximum atomic E-state index is 13.6. The number of benzene rings is 3. The summed E-state index contributed by atoms with van der Waals surface area (Å²) in [6, 6.07) is 23.6. The summed E-state index contributed by atoms with van der Waals surface area (Å²) in [5.41, 5.74) is 3.76. The van der Waals surface area contributed by atoms with E-state index in [0.717, 1.165) is 33.2 Å². The van der Waals surface area contributed by atoms with E-state index >= 15 is 0 Å². The Hall–Kier alpha value is -3.58. The van der Waals surface area contributed by atoms with Gasteiger partial charge in [-0.1, -0.05) is 68.1 Å². The Bertz CT molecular complexity index is 1520. The molecule has 0 saturated heterocycles. The van der Waals surface area contributed by atoms with Crippen LogP contribution in [0.5, 0.6) is 5.75 Å². The molecule has 33 heavy (non-hydrogen) atoms. The molecule has 0 radical (unpaired) electrons. The summed E-state index contributed by atoms with van der Waals surface area (Å²) in [7, 11) is 1.67. The summed E-state index contributed by atoms with van der Waals surface area (Å²) in [5.74, 6) is 2.29. The van der Waals surface area contributed by atoms with Crippen molar-refractivity contribution in [1.82, 2.24) is 19.2 Å². The van der Waals surface area contributed by atoms with Crippen molar-refractivity contribution >= 4 is 28.4 Å². The first-order chi connectivity index (χ1) is 16.1. The largest absolute Gasteiger partial charge is 0.497 e. The van der Waals surface area contributed by atoms with Crippen molar-refractivity contribution in [3.63, 3.8) is 0 Å². The van der Waals surface area contributed by atoms with Gasteiger partial charge in [0, 0.05) is 5.75 Å². The normalized spacial score (nSPS) is 11.5. The molecule has 3 aromatic carbocycles. The highest BCUT2D eigenvalue weighted by atomic mass is 32.2. The molecule has 7 heteroatoms. The molecule has 166 valence electrons. The zero-order valence-corrected chi connectivity index (χ0v) is 19.5. The van der Waals surface area contributed by atoms with Crippen LogP contribution in [0.1, 0.15) is 30.9 Å². The van der Waals surface area contributed by atoms with Gasteiger partial charge in [0.25, 0.3) is 5.56 Å². The fourth-order valence-electron chi connectivity index (χ4n) is 4.08. The van der Waals surface area contributed by atoms with Crippen LogP contribution < -0.4 is 10.3 Å². The summed E-state index contributed by atoms with van der Waals surface area (Å²) in [6.07, 6.45) is 0. The lowest BCUT2D eigenvalue weighted by Crippen LogP contribution is -2.23. The van der Waals surface area contributed by atoms with Gasteiger partial charge >= 0.3 is 0 Å². The summed E-state index contributed by atoms with van der Waals surface area (Å²) in [5, 5.41) is 10.3. The maximum absolute atomic E-state index is 13.6. The zero-order valence-electron chi connectivity index (χ0n) is 18.7. The Morgan fingerprint density at radius 2 is 1.76 bits per heavy atom. The van der Waals surface area contributed by atoms with Crippen molar-refractivity contribution in [2.24, 2.45) is 0 Å². The van der Waals surface area contributed by atoms with Crippen LogP contribution in [-0.2, 0) is 5.75 Å². The highest BCUT2D eigenvalue weighted by Gasteiger charge is 2.20. The zero-order chi connectivity index (χ0) is 22.9. The van der Waals surface area contributed by atoms with E-state index in [2.05, 4.69) is 36.2 Å². The number of methoxy groups -OCH3 is 1. The third-order valence-corrected chi connectivity index (χ3v) is 6.70. The average Bonchev–Trinajstić information content (AvgIpc) is 3.27.